The van der Waals surface area contributed by atoms with Gasteiger partial charge in [-0.3, -0.25) is 14.2 Å². The fourth-order valence-electron chi connectivity index (χ4n) is 2.41. The van der Waals surface area contributed by atoms with Crippen LogP contribution in [0.3, 0.4) is 0 Å². The van der Waals surface area contributed by atoms with Gasteiger partial charge in [-0.2, -0.15) is 0 Å². The predicted molar refractivity (Wildman–Crippen MR) is 96.0 cm³/mol. The van der Waals surface area contributed by atoms with Gasteiger partial charge in [0.2, 0.25) is 0 Å². The van der Waals surface area contributed by atoms with Crippen LogP contribution < -0.4 is 5.32 Å². The Morgan fingerprint density at radius 2 is 2.00 bits per heavy atom. The van der Waals surface area contributed by atoms with Crippen LogP contribution in [0.15, 0.2) is 42.9 Å². The number of hydrogen-bond acceptors (Lipinski definition) is 4. The number of fused-ring (bicyclic) bond motifs is 1. The van der Waals surface area contributed by atoms with Gasteiger partial charge in [0.25, 0.3) is 5.91 Å². The Labute approximate surface area is 145 Å². The molecule has 3 heterocycles. The van der Waals surface area contributed by atoms with Crippen LogP contribution >= 0.6 is 0 Å². The van der Waals surface area contributed by atoms with E-state index in [4.69, 9.17) is 0 Å². The third-order valence-corrected chi connectivity index (χ3v) is 3.72. The number of carbonyl (C=O) groups excluding carboxylic acids is 2. The lowest BCUT2D eigenvalue weighted by Crippen LogP contribution is -2.32. The molecule has 6 heteroatoms. The largest absolute Gasteiger partial charge is 0.350 e. The van der Waals surface area contributed by atoms with Crippen LogP contribution in [0, 0.1) is 5.41 Å². The van der Waals surface area contributed by atoms with Gasteiger partial charge in [-0.05, 0) is 29.7 Å². The van der Waals surface area contributed by atoms with Gasteiger partial charge in [0, 0.05) is 29.9 Å². The van der Waals surface area contributed by atoms with Crippen LogP contribution in [0.4, 0.5) is 0 Å². The van der Waals surface area contributed by atoms with Crippen molar-refractivity contribution in [2.24, 2.45) is 5.41 Å². The molecule has 0 aromatic carbocycles. The fraction of sp³-hybridized carbons (Fsp3) is 0.263. The van der Waals surface area contributed by atoms with Crippen molar-refractivity contribution in [3.8, 4) is 5.69 Å². The van der Waals surface area contributed by atoms with Crippen LogP contribution in [0.1, 0.15) is 41.6 Å². The molecule has 128 valence electrons. The van der Waals surface area contributed by atoms with E-state index >= 15 is 0 Å². The third kappa shape index (κ3) is 3.74. The third-order valence-electron chi connectivity index (χ3n) is 3.72. The van der Waals surface area contributed by atoms with Crippen LogP contribution in [-0.4, -0.2) is 33.3 Å². The van der Waals surface area contributed by atoms with E-state index in [1.165, 1.54) is 6.20 Å². The molecule has 0 fully saturated rings. The lowest BCUT2D eigenvalue weighted by atomic mass is 9.97. The minimum absolute atomic E-state index is 0.0195. The average molecular weight is 336 g/mol. The van der Waals surface area contributed by atoms with E-state index in [1.54, 1.807) is 18.3 Å². The zero-order chi connectivity index (χ0) is 18.0. The van der Waals surface area contributed by atoms with Crippen molar-refractivity contribution < 1.29 is 9.59 Å². The van der Waals surface area contributed by atoms with Crippen molar-refractivity contribution in [3.05, 3.63) is 54.1 Å². The first-order valence-corrected chi connectivity index (χ1v) is 8.04. The minimum atomic E-state index is -0.187. The van der Waals surface area contributed by atoms with E-state index in [9.17, 15) is 9.59 Å². The number of aromatic nitrogens is 3. The molecule has 0 saturated heterocycles. The Kier molecular flexibility index (Phi) is 4.35. The lowest BCUT2D eigenvalue weighted by molar-refractivity contribution is 0.0934. The van der Waals surface area contributed by atoms with Crippen molar-refractivity contribution in [2.75, 3.05) is 6.54 Å². The molecule has 0 radical (unpaired) electrons. The second-order valence-electron chi connectivity index (χ2n) is 7.13. The van der Waals surface area contributed by atoms with Crippen LogP contribution in [0.2, 0.25) is 0 Å². The number of rotatable bonds is 4. The molecule has 0 aliphatic rings. The lowest BCUT2D eigenvalue weighted by Gasteiger charge is -2.18. The van der Waals surface area contributed by atoms with Crippen LogP contribution in [0.25, 0.3) is 16.7 Å². The summed E-state index contributed by atoms with van der Waals surface area (Å²) in [5, 5.41) is 3.75. The second kappa shape index (κ2) is 6.47. The molecule has 0 saturated carbocycles. The number of carbonyl (C=O) groups is 2. The SMILES string of the molecule is CC(C)(C)CNC(=O)c1ccc(-n2ccc3cc(C=O)cnc32)cn1. The molecule has 0 bridgehead atoms. The molecule has 0 unspecified atom stereocenters. The van der Waals surface area contributed by atoms with Gasteiger partial charge in [0.05, 0.1) is 11.9 Å². The summed E-state index contributed by atoms with van der Waals surface area (Å²) < 4.78 is 1.87. The predicted octanol–water partition coefficient (Wildman–Crippen LogP) is 3.01. The highest BCUT2D eigenvalue weighted by atomic mass is 16.1. The Balaban J connectivity index is 1.83. The number of nitrogens with zero attached hydrogens (tertiary/aromatic N) is 3. The van der Waals surface area contributed by atoms with Crippen molar-refractivity contribution in [2.45, 2.75) is 20.8 Å². The van der Waals surface area contributed by atoms with Gasteiger partial charge in [-0.25, -0.2) is 9.97 Å². The van der Waals surface area contributed by atoms with Gasteiger partial charge in [-0.1, -0.05) is 20.8 Å². The standard InChI is InChI=1S/C19H20N4O2/c1-19(2,3)12-22-18(25)16-5-4-15(10-20-16)23-7-6-14-8-13(11-24)9-21-17(14)23/h4-11H,12H2,1-3H3,(H,22,25). The monoisotopic (exact) mass is 336 g/mol. The molecular weight excluding hydrogens is 316 g/mol. The molecule has 1 N–H and O–H groups in total. The first-order valence-electron chi connectivity index (χ1n) is 8.04. The van der Waals surface area contributed by atoms with Gasteiger partial charge in [0.1, 0.15) is 11.3 Å². The second-order valence-corrected chi connectivity index (χ2v) is 7.13. The van der Waals surface area contributed by atoms with E-state index in [0.717, 1.165) is 23.0 Å². The van der Waals surface area contributed by atoms with E-state index in [1.807, 2.05) is 22.9 Å². The van der Waals surface area contributed by atoms with Crippen molar-refractivity contribution >= 4 is 23.2 Å². The average Bonchev–Trinajstić information content (AvgIpc) is 3.02. The number of aldehydes is 1. The summed E-state index contributed by atoms with van der Waals surface area (Å²) >= 11 is 0. The molecule has 3 aromatic rings. The Bertz CT molecular complexity index is 921. The van der Waals surface area contributed by atoms with E-state index in [-0.39, 0.29) is 11.3 Å². The molecule has 0 spiro atoms. The normalized spacial score (nSPS) is 11.5. The number of nitrogens with one attached hydrogen (secondary N) is 1. The van der Waals surface area contributed by atoms with Crippen molar-refractivity contribution in [1.82, 2.24) is 19.9 Å². The zero-order valence-electron chi connectivity index (χ0n) is 14.5. The fourth-order valence-corrected chi connectivity index (χ4v) is 2.41. The summed E-state index contributed by atoms with van der Waals surface area (Å²) in [5.41, 5.74) is 2.46. The van der Waals surface area contributed by atoms with E-state index in [2.05, 4.69) is 36.1 Å². The minimum Gasteiger partial charge on any atom is -0.350 e. The maximum absolute atomic E-state index is 12.1. The molecule has 3 rings (SSSR count). The van der Waals surface area contributed by atoms with Gasteiger partial charge in [-0.15, -0.1) is 0 Å². The highest BCUT2D eigenvalue weighted by Gasteiger charge is 2.14. The molecule has 0 atom stereocenters. The van der Waals surface area contributed by atoms with Crippen molar-refractivity contribution in [3.63, 3.8) is 0 Å². The Morgan fingerprint density at radius 1 is 1.20 bits per heavy atom. The maximum atomic E-state index is 12.1. The first-order chi connectivity index (χ1) is 11.9. The highest BCUT2D eigenvalue weighted by molar-refractivity contribution is 5.92. The number of pyridine rings is 2. The zero-order valence-corrected chi connectivity index (χ0v) is 14.5. The molecule has 25 heavy (non-hydrogen) atoms. The Hall–Kier alpha value is -3.02. The molecule has 0 aliphatic heterocycles. The molecular formula is C19H20N4O2. The molecule has 6 nitrogen and oxygen atoms in total. The van der Waals surface area contributed by atoms with Crippen molar-refractivity contribution in [1.29, 1.82) is 0 Å². The maximum Gasteiger partial charge on any atom is 0.269 e. The topological polar surface area (TPSA) is 76.9 Å². The van der Waals surface area contributed by atoms with E-state index in [0.29, 0.717) is 17.8 Å². The quantitative estimate of drug-likeness (QED) is 0.743. The first kappa shape index (κ1) is 16.8. The summed E-state index contributed by atoms with van der Waals surface area (Å²) in [6.07, 6.45) is 5.81. The number of amides is 1. The number of hydrogen-bond donors (Lipinski definition) is 1. The highest BCUT2D eigenvalue weighted by Crippen LogP contribution is 2.19. The molecule has 0 aliphatic carbocycles. The summed E-state index contributed by atoms with van der Waals surface area (Å²) in [6.45, 7) is 6.76. The van der Waals surface area contributed by atoms with Gasteiger partial charge in [0.15, 0.2) is 6.29 Å². The summed E-state index contributed by atoms with van der Waals surface area (Å²) in [5.74, 6) is -0.187. The molecule has 1 amide bonds. The summed E-state index contributed by atoms with van der Waals surface area (Å²) in [4.78, 5) is 31.6. The summed E-state index contributed by atoms with van der Waals surface area (Å²) in [6, 6.07) is 7.19. The van der Waals surface area contributed by atoms with Gasteiger partial charge >= 0.3 is 0 Å². The van der Waals surface area contributed by atoms with Crippen LogP contribution in [-0.2, 0) is 0 Å². The Morgan fingerprint density at radius 3 is 2.64 bits per heavy atom. The van der Waals surface area contributed by atoms with Crippen LogP contribution in [0.5, 0.6) is 0 Å². The van der Waals surface area contributed by atoms with E-state index < -0.39 is 0 Å². The smallest absolute Gasteiger partial charge is 0.269 e. The molecule has 3 aromatic heterocycles. The summed E-state index contributed by atoms with van der Waals surface area (Å²) in [7, 11) is 0. The van der Waals surface area contributed by atoms with Gasteiger partial charge < -0.3 is 5.32 Å².